The number of aryl methyl sites for hydroxylation is 1. The van der Waals surface area contributed by atoms with E-state index < -0.39 is 0 Å². The van der Waals surface area contributed by atoms with E-state index in [1.807, 2.05) is 31.1 Å². The van der Waals surface area contributed by atoms with Crippen molar-refractivity contribution in [1.82, 2.24) is 4.90 Å². The molecule has 0 aliphatic rings. The molecule has 0 N–H and O–H groups in total. The molecule has 0 saturated carbocycles. The van der Waals surface area contributed by atoms with Gasteiger partial charge in [-0.1, -0.05) is 0 Å². The highest BCUT2D eigenvalue weighted by Crippen LogP contribution is 2.24. The van der Waals surface area contributed by atoms with Crippen LogP contribution in [-0.4, -0.2) is 19.0 Å². The summed E-state index contributed by atoms with van der Waals surface area (Å²) in [6.07, 6.45) is 0. The molecule has 0 fully saturated rings. The fourth-order valence-corrected chi connectivity index (χ4v) is 2.05. The summed E-state index contributed by atoms with van der Waals surface area (Å²) in [6.45, 7) is 2.05. The van der Waals surface area contributed by atoms with Crippen molar-refractivity contribution in [3.63, 3.8) is 0 Å². The molecule has 1 unspecified atom stereocenters. The van der Waals surface area contributed by atoms with Gasteiger partial charge in [0.05, 0.1) is 6.07 Å². The van der Waals surface area contributed by atoms with Gasteiger partial charge in [0, 0.05) is 9.75 Å². The average Bonchev–Trinajstić information content (AvgIpc) is 2.37. The highest BCUT2D eigenvalue weighted by Gasteiger charge is 2.13. The Morgan fingerprint density at radius 2 is 2.17 bits per heavy atom. The van der Waals surface area contributed by atoms with Crippen LogP contribution in [0.3, 0.4) is 0 Å². The Hall–Kier alpha value is -0.850. The molecule has 1 heterocycles. The minimum Gasteiger partial charge on any atom is -0.290 e. The summed E-state index contributed by atoms with van der Waals surface area (Å²) in [5.74, 6) is 0. The predicted molar refractivity (Wildman–Crippen MR) is 51.1 cm³/mol. The van der Waals surface area contributed by atoms with E-state index in [1.165, 1.54) is 4.88 Å². The summed E-state index contributed by atoms with van der Waals surface area (Å²) >= 11 is 1.68. The maximum absolute atomic E-state index is 8.87. The normalized spacial score (nSPS) is 12.9. The molecule has 12 heavy (non-hydrogen) atoms. The Kier molecular flexibility index (Phi) is 2.85. The summed E-state index contributed by atoms with van der Waals surface area (Å²) < 4.78 is 0. The second-order valence-electron chi connectivity index (χ2n) is 2.94. The van der Waals surface area contributed by atoms with Gasteiger partial charge < -0.3 is 0 Å². The number of thiophene rings is 1. The van der Waals surface area contributed by atoms with Gasteiger partial charge >= 0.3 is 0 Å². The summed E-state index contributed by atoms with van der Waals surface area (Å²) in [5.41, 5.74) is 0. The molecular formula is C9H12N2S. The van der Waals surface area contributed by atoms with Gasteiger partial charge in [-0.15, -0.1) is 11.3 Å². The van der Waals surface area contributed by atoms with Crippen molar-refractivity contribution in [2.75, 3.05) is 14.1 Å². The van der Waals surface area contributed by atoms with Gasteiger partial charge in [0.2, 0.25) is 0 Å². The van der Waals surface area contributed by atoms with E-state index in [0.29, 0.717) is 0 Å². The summed E-state index contributed by atoms with van der Waals surface area (Å²) in [6, 6.07) is 6.24. The Morgan fingerprint density at radius 3 is 2.50 bits per heavy atom. The largest absolute Gasteiger partial charge is 0.290 e. The minimum atomic E-state index is -0.0938. The lowest BCUT2D eigenvalue weighted by Gasteiger charge is -2.14. The molecule has 0 radical (unpaired) electrons. The molecule has 2 nitrogen and oxygen atoms in total. The Morgan fingerprint density at radius 1 is 1.50 bits per heavy atom. The van der Waals surface area contributed by atoms with Crippen LogP contribution in [0, 0.1) is 18.3 Å². The van der Waals surface area contributed by atoms with Crippen molar-refractivity contribution in [3.05, 3.63) is 21.9 Å². The zero-order chi connectivity index (χ0) is 9.14. The molecular weight excluding hydrogens is 168 g/mol. The topological polar surface area (TPSA) is 27.0 Å². The fraction of sp³-hybridized carbons (Fsp3) is 0.444. The molecule has 0 aromatic carbocycles. The van der Waals surface area contributed by atoms with Crippen molar-refractivity contribution in [2.24, 2.45) is 0 Å². The van der Waals surface area contributed by atoms with Gasteiger partial charge in [-0.3, -0.25) is 4.90 Å². The average molecular weight is 180 g/mol. The lowest BCUT2D eigenvalue weighted by Crippen LogP contribution is -2.16. The smallest absolute Gasteiger partial charge is 0.132 e. The van der Waals surface area contributed by atoms with Crippen LogP contribution in [0.4, 0.5) is 0 Å². The van der Waals surface area contributed by atoms with Gasteiger partial charge in [-0.25, -0.2) is 0 Å². The van der Waals surface area contributed by atoms with Crippen LogP contribution in [0.5, 0.6) is 0 Å². The first-order valence-electron chi connectivity index (χ1n) is 3.77. The third-order valence-electron chi connectivity index (χ3n) is 1.67. The first-order valence-corrected chi connectivity index (χ1v) is 4.59. The number of nitrogens with zero attached hydrogens (tertiary/aromatic N) is 2. The predicted octanol–water partition coefficient (Wildman–Crippen LogP) is 2.18. The highest BCUT2D eigenvalue weighted by molar-refractivity contribution is 7.12. The Bertz CT molecular complexity index is 296. The second kappa shape index (κ2) is 3.70. The van der Waals surface area contributed by atoms with E-state index in [-0.39, 0.29) is 6.04 Å². The van der Waals surface area contributed by atoms with Crippen molar-refractivity contribution in [3.8, 4) is 6.07 Å². The quantitative estimate of drug-likeness (QED) is 0.697. The molecule has 1 rings (SSSR count). The highest BCUT2D eigenvalue weighted by atomic mass is 32.1. The Balaban J connectivity index is 2.89. The van der Waals surface area contributed by atoms with Crippen molar-refractivity contribution < 1.29 is 0 Å². The van der Waals surface area contributed by atoms with Crippen LogP contribution < -0.4 is 0 Å². The summed E-state index contributed by atoms with van der Waals surface area (Å²) in [4.78, 5) is 4.30. The number of hydrogen-bond donors (Lipinski definition) is 0. The van der Waals surface area contributed by atoms with Crippen LogP contribution in [0.2, 0.25) is 0 Å². The number of hydrogen-bond acceptors (Lipinski definition) is 3. The maximum Gasteiger partial charge on any atom is 0.132 e. The first-order chi connectivity index (χ1) is 5.65. The van der Waals surface area contributed by atoms with E-state index in [4.69, 9.17) is 5.26 Å². The molecule has 0 aliphatic carbocycles. The molecule has 0 aliphatic heterocycles. The molecule has 0 saturated heterocycles. The zero-order valence-corrected chi connectivity index (χ0v) is 8.35. The van der Waals surface area contributed by atoms with Gasteiger partial charge in [0.1, 0.15) is 6.04 Å². The second-order valence-corrected chi connectivity index (χ2v) is 4.26. The standard InChI is InChI=1S/C9H12N2S/c1-7-4-5-9(12-7)8(6-10)11(2)3/h4-5,8H,1-3H3. The Labute approximate surface area is 77.0 Å². The van der Waals surface area contributed by atoms with E-state index >= 15 is 0 Å². The molecule has 1 aromatic heterocycles. The van der Waals surface area contributed by atoms with E-state index in [1.54, 1.807) is 11.3 Å². The maximum atomic E-state index is 8.87. The zero-order valence-electron chi connectivity index (χ0n) is 7.53. The summed E-state index contributed by atoms with van der Waals surface area (Å²) in [5, 5.41) is 8.87. The molecule has 1 aromatic rings. The van der Waals surface area contributed by atoms with Gasteiger partial charge in [0.25, 0.3) is 0 Å². The lowest BCUT2D eigenvalue weighted by molar-refractivity contribution is 0.362. The molecule has 1 atom stereocenters. The van der Waals surface area contributed by atoms with Crippen LogP contribution in [0.15, 0.2) is 12.1 Å². The van der Waals surface area contributed by atoms with Crippen molar-refractivity contribution in [2.45, 2.75) is 13.0 Å². The number of nitriles is 1. The third kappa shape index (κ3) is 1.84. The lowest BCUT2D eigenvalue weighted by atomic mass is 10.2. The van der Waals surface area contributed by atoms with Crippen molar-refractivity contribution >= 4 is 11.3 Å². The van der Waals surface area contributed by atoms with Crippen molar-refractivity contribution in [1.29, 1.82) is 5.26 Å². The monoisotopic (exact) mass is 180 g/mol. The summed E-state index contributed by atoms with van der Waals surface area (Å²) in [7, 11) is 3.84. The van der Waals surface area contributed by atoms with E-state index in [2.05, 4.69) is 13.0 Å². The van der Waals surface area contributed by atoms with Gasteiger partial charge in [-0.05, 0) is 33.2 Å². The van der Waals surface area contributed by atoms with E-state index in [0.717, 1.165) is 4.88 Å². The van der Waals surface area contributed by atoms with Crippen LogP contribution in [0.1, 0.15) is 15.8 Å². The first kappa shape index (κ1) is 9.24. The molecule has 3 heteroatoms. The molecule has 0 amide bonds. The van der Waals surface area contributed by atoms with E-state index in [9.17, 15) is 0 Å². The molecule has 0 bridgehead atoms. The number of rotatable bonds is 2. The SMILES string of the molecule is Cc1ccc(C(C#N)N(C)C)s1. The van der Waals surface area contributed by atoms with Gasteiger partial charge in [-0.2, -0.15) is 5.26 Å². The minimum absolute atomic E-state index is 0.0938. The van der Waals surface area contributed by atoms with Crippen LogP contribution in [-0.2, 0) is 0 Å². The van der Waals surface area contributed by atoms with Gasteiger partial charge in [0.15, 0.2) is 0 Å². The molecule has 64 valence electrons. The van der Waals surface area contributed by atoms with Crippen LogP contribution in [0.25, 0.3) is 0 Å². The fourth-order valence-electron chi connectivity index (χ4n) is 1.03. The van der Waals surface area contributed by atoms with Crippen LogP contribution >= 0.6 is 11.3 Å². The molecule has 0 spiro atoms. The third-order valence-corrected chi connectivity index (χ3v) is 2.72.